The maximum Gasteiger partial charge on any atom is 0.471 e. The molecule has 2 aliphatic rings. The van der Waals surface area contributed by atoms with Gasteiger partial charge in [-0.25, -0.2) is 19.3 Å². The number of carbonyl (C=O) groups excluding carboxylic acids is 1. The van der Waals surface area contributed by atoms with Gasteiger partial charge in [0.15, 0.2) is 5.82 Å². The molecule has 2 atom stereocenters. The smallest absolute Gasteiger partial charge is 0.378 e. The summed E-state index contributed by atoms with van der Waals surface area (Å²) in [6.45, 7) is 2.59. The fourth-order valence-electron chi connectivity index (χ4n) is 4.13. The van der Waals surface area contributed by atoms with Crippen LogP contribution in [0.1, 0.15) is 44.3 Å². The molecule has 12 heteroatoms. The molecular formula is C20H24F4N6O2. The van der Waals surface area contributed by atoms with Crippen LogP contribution in [0.4, 0.5) is 23.5 Å². The molecule has 4 heterocycles. The Hall–Kier alpha value is -2.76. The van der Waals surface area contributed by atoms with E-state index in [0.717, 1.165) is 29.8 Å². The first-order valence-electron chi connectivity index (χ1n) is 10.5. The molecule has 4 rings (SSSR count). The number of hydrogen-bond acceptors (Lipinski definition) is 6. The number of likely N-dealkylation sites (tertiary alicyclic amines) is 1. The van der Waals surface area contributed by atoms with E-state index in [1.807, 2.05) is 6.92 Å². The first-order chi connectivity index (χ1) is 15.2. The average molecular weight is 456 g/mol. The molecule has 0 aromatic carbocycles. The predicted molar refractivity (Wildman–Crippen MR) is 106 cm³/mol. The number of nitrogens with one attached hydrogen (secondary N) is 2. The molecule has 2 saturated heterocycles. The fourth-order valence-corrected chi connectivity index (χ4v) is 4.13. The zero-order valence-corrected chi connectivity index (χ0v) is 17.5. The zero-order valence-electron chi connectivity index (χ0n) is 17.5. The summed E-state index contributed by atoms with van der Waals surface area (Å²) >= 11 is 0. The summed E-state index contributed by atoms with van der Waals surface area (Å²) in [4.78, 5) is 27.9. The lowest BCUT2D eigenvalue weighted by Gasteiger charge is -2.32. The predicted octanol–water partition coefficient (Wildman–Crippen LogP) is 3.25. The van der Waals surface area contributed by atoms with Gasteiger partial charge in [-0.15, -0.1) is 0 Å². The Morgan fingerprint density at radius 1 is 1.22 bits per heavy atom. The molecule has 2 aliphatic heterocycles. The Labute approximate surface area is 181 Å². The van der Waals surface area contributed by atoms with Crippen LogP contribution in [-0.2, 0) is 9.53 Å². The highest BCUT2D eigenvalue weighted by molar-refractivity contribution is 5.81. The van der Waals surface area contributed by atoms with Crippen molar-refractivity contribution in [2.45, 2.75) is 56.8 Å². The molecule has 2 N–H and O–H groups in total. The Morgan fingerprint density at radius 2 is 1.97 bits per heavy atom. The lowest BCUT2D eigenvalue weighted by Crippen LogP contribution is -2.47. The first kappa shape index (κ1) is 22.4. The minimum atomic E-state index is -4.87. The number of imidazole rings is 1. The number of alkyl halides is 3. The van der Waals surface area contributed by atoms with Crippen LogP contribution < -0.4 is 5.32 Å². The van der Waals surface area contributed by atoms with Crippen LogP contribution >= 0.6 is 0 Å². The third-order valence-corrected chi connectivity index (χ3v) is 5.82. The quantitative estimate of drug-likeness (QED) is 0.686. The monoisotopic (exact) mass is 456 g/mol. The summed E-state index contributed by atoms with van der Waals surface area (Å²) in [5.41, 5.74) is 0.485. The average Bonchev–Trinajstić information content (AvgIpc) is 3.25. The molecule has 0 saturated carbocycles. The van der Waals surface area contributed by atoms with Gasteiger partial charge >= 0.3 is 12.1 Å². The maximum absolute atomic E-state index is 14.4. The number of rotatable bonds is 4. The maximum atomic E-state index is 14.4. The molecule has 1 amide bonds. The van der Waals surface area contributed by atoms with Crippen LogP contribution in [0, 0.1) is 5.82 Å². The Bertz CT molecular complexity index is 958. The summed E-state index contributed by atoms with van der Waals surface area (Å²) < 4.78 is 57.7. The van der Waals surface area contributed by atoms with Gasteiger partial charge in [0, 0.05) is 31.7 Å². The zero-order chi connectivity index (χ0) is 22.9. The third kappa shape index (κ3) is 5.00. The van der Waals surface area contributed by atoms with Gasteiger partial charge in [-0.05, 0) is 32.6 Å². The van der Waals surface area contributed by atoms with E-state index in [0.29, 0.717) is 25.1 Å². The van der Waals surface area contributed by atoms with Crippen molar-refractivity contribution in [1.29, 1.82) is 0 Å². The number of halogens is 4. The second-order valence-corrected chi connectivity index (χ2v) is 8.18. The number of anilines is 1. The van der Waals surface area contributed by atoms with Gasteiger partial charge in [0.2, 0.25) is 5.95 Å². The highest BCUT2D eigenvalue weighted by Crippen LogP contribution is 2.30. The van der Waals surface area contributed by atoms with Gasteiger partial charge in [-0.3, -0.25) is 4.79 Å². The van der Waals surface area contributed by atoms with E-state index in [9.17, 15) is 22.4 Å². The minimum Gasteiger partial charge on any atom is -0.378 e. The number of nitrogens with zero attached hydrogens (tertiary/aromatic N) is 4. The van der Waals surface area contributed by atoms with Crippen molar-refractivity contribution >= 4 is 11.9 Å². The van der Waals surface area contributed by atoms with Crippen molar-refractivity contribution in [1.82, 2.24) is 24.8 Å². The molecule has 0 radical (unpaired) electrons. The summed E-state index contributed by atoms with van der Waals surface area (Å²) in [5, 5.41) is 3.03. The van der Waals surface area contributed by atoms with Gasteiger partial charge in [0.25, 0.3) is 0 Å². The van der Waals surface area contributed by atoms with Crippen molar-refractivity contribution in [2.75, 3.05) is 25.0 Å². The number of ether oxygens (including phenoxy) is 1. The molecule has 0 spiro atoms. The Morgan fingerprint density at radius 3 is 2.66 bits per heavy atom. The van der Waals surface area contributed by atoms with Crippen molar-refractivity contribution in [3.05, 3.63) is 24.0 Å². The van der Waals surface area contributed by atoms with Gasteiger partial charge in [-0.1, -0.05) is 0 Å². The van der Waals surface area contributed by atoms with E-state index in [2.05, 4.69) is 25.3 Å². The number of piperidine rings is 1. The minimum absolute atomic E-state index is 0.0303. The van der Waals surface area contributed by atoms with E-state index in [1.54, 1.807) is 0 Å². The van der Waals surface area contributed by atoms with Crippen molar-refractivity contribution in [2.24, 2.45) is 0 Å². The fraction of sp³-hybridized carbons (Fsp3) is 0.600. The van der Waals surface area contributed by atoms with Crippen LogP contribution in [0.3, 0.4) is 0 Å². The molecule has 2 unspecified atom stereocenters. The molecule has 2 aromatic heterocycles. The third-order valence-electron chi connectivity index (χ3n) is 5.82. The molecule has 32 heavy (non-hydrogen) atoms. The van der Waals surface area contributed by atoms with Crippen LogP contribution in [0.2, 0.25) is 0 Å². The lowest BCUT2D eigenvalue weighted by atomic mass is 9.96. The van der Waals surface area contributed by atoms with E-state index < -0.39 is 17.9 Å². The number of H-pyrrole nitrogens is 1. The van der Waals surface area contributed by atoms with Gasteiger partial charge in [0.1, 0.15) is 11.5 Å². The summed E-state index contributed by atoms with van der Waals surface area (Å²) in [5.74, 6) is -1.33. The molecular weight excluding hydrogens is 432 g/mol. The summed E-state index contributed by atoms with van der Waals surface area (Å²) in [7, 11) is 0. The van der Waals surface area contributed by atoms with Crippen LogP contribution in [0.25, 0.3) is 11.4 Å². The molecule has 2 fully saturated rings. The lowest BCUT2D eigenvalue weighted by molar-refractivity contribution is -0.186. The van der Waals surface area contributed by atoms with E-state index in [-0.39, 0.29) is 42.8 Å². The van der Waals surface area contributed by atoms with Gasteiger partial charge in [-0.2, -0.15) is 13.2 Å². The molecule has 0 bridgehead atoms. The largest absolute Gasteiger partial charge is 0.471 e. The topological polar surface area (TPSA) is 96.0 Å². The molecule has 174 valence electrons. The van der Waals surface area contributed by atoms with Crippen molar-refractivity contribution in [3.8, 4) is 11.4 Å². The SMILES string of the molecule is CC1CC(c2ncc(-c3nc(NC4CCN(C(=O)C(F)(F)F)CC4)ncc3F)[nH]2)CCO1. The van der Waals surface area contributed by atoms with Crippen LogP contribution in [-0.4, -0.2) is 68.8 Å². The standard InChI is InChI=1S/C20H24F4N6O2/c1-11-8-12(4-7-32-11)17-25-10-15(28-17)16-14(21)9-26-19(29-16)27-13-2-5-30(6-3-13)18(31)20(22,23)24/h9-13H,2-8H2,1H3,(H,25,28)(H,26,27,29). The second-order valence-electron chi connectivity index (χ2n) is 8.18. The Kier molecular flexibility index (Phi) is 6.31. The molecule has 8 nitrogen and oxygen atoms in total. The van der Waals surface area contributed by atoms with E-state index >= 15 is 0 Å². The van der Waals surface area contributed by atoms with E-state index in [1.165, 1.54) is 6.20 Å². The number of amides is 1. The summed E-state index contributed by atoms with van der Waals surface area (Å²) in [6, 6.07) is -0.230. The molecule has 0 aliphatic carbocycles. The van der Waals surface area contributed by atoms with Crippen LogP contribution in [0.5, 0.6) is 0 Å². The first-order valence-corrected chi connectivity index (χ1v) is 10.5. The van der Waals surface area contributed by atoms with Crippen molar-refractivity contribution in [3.63, 3.8) is 0 Å². The number of carbonyl (C=O) groups is 1. The normalized spacial score (nSPS) is 22.7. The van der Waals surface area contributed by atoms with Gasteiger partial charge < -0.3 is 19.9 Å². The highest BCUT2D eigenvalue weighted by atomic mass is 19.4. The highest BCUT2D eigenvalue weighted by Gasteiger charge is 2.43. The number of aromatic amines is 1. The summed E-state index contributed by atoms with van der Waals surface area (Å²) in [6.07, 6.45) is 0.0819. The van der Waals surface area contributed by atoms with Crippen molar-refractivity contribution < 1.29 is 27.1 Å². The van der Waals surface area contributed by atoms with Gasteiger partial charge in [0.05, 0.1) is 24.2 Å². The van der Waals surface area contributed by atoms with Crippen LogP contribution in [0.15, 0.2) is 12.4 Å². The number of hydrogen-bond donors (Lipinski definition) is 2. The molecule has 2 aromatic rings. The van der Waals surface area contributed by atoms with E-state index in [4.69, 9.17) is 4.74 Å². The number of aromatic nitrogens is 4. The Balaban J connectivity index is 1.41. The second kappa shape index (κ2) is 9.00.